The summed E-state index contributed by atoms with van der Waals surface area (Å²) < 4.78 is 1.98. The highest BCUT2D eigenvalue weighted by molar-refractivity contribution is 5.98. The van der Waals surface area contributed by atoms with Crippen LogP contribution in [0.25, 0.3) is 10.9 Å². The van der Waals surface area contributed by atoms with Crippen LogP contribution in [-0.2, 0) is 7.05 Å². The molecule has 0 radical (unpaired) electrons. The smallest absolute Gasteiger partial charge is 0.270 e. The fourth-order valence-corrected chi connectivity index (χ4v) is 4.97. The van der Waals surface area contributed by atoms with Crippen LogP contribution in [0.15, 0.2) is 48.9 Å². The minimum atomic E-state index is -0.453. The van der Waals surface area contributed by atoms with Crippen LogP contribution in [0.4, 0.5) is 5.82 Å². The van der Waals surface area contributed by atoms with Crippen molar-refractivity contribution in [3.8, 4) is 0 Å². The molecular weight excluding hydrogens is 366 g/mol. The molecule has 2 N–H and O–H groups in total. The number of aryl methyl sites for hydroxylation is 1. The molecule has 2 aromatic heterocycles. The number of rotatable bonds is 3. The number of fused-ring (bicyclic) bond motifs is 2. The molecule has 150 valence electrons. The van der Waals surface area contributed by atoms with Gasteiger partial charge in [-0.15, -0.1) is 0 Å². The molecule has 4 atom stereocenters. The molecule has 2 fully saturated rings. The van der Waals surface area contributed by atoms with Gasteiger partial charge in [-0.3, -0.25) is 9.78 Å². The molecule has 1 aliphatic heterocycles. The fraction of sp³-hybridized carbons (Fsp3) is 0.409. The summed E-state index contributed by atoms with van der Waals surface area (Å²) in [6.45, 7) is 1.44. The minimum absolute atomic E-state index is 0.0689. The van der Waals surface area contributed by atoms with Crippen molar-refractivity contribution in [3.05, 3.63) is 54.6 Å². The quantitative estimate of drug-likeness (QED) is 0.716. The number of anilines is 1. The summed E-state index contributed by atoms with van der Waals surface area (Å²) in [4.78, 5) is 23.5. The molecule has 5 rings (SSSR count). The summed E-state index contributed by atoms with van der Waals surface area (Å²) in [5.41, 5.74) is 1.79. The number of hydrogen-bond donors (Lipinski definition) is 2. The molecule has 1 aliphatic carbocycles. The lowest BCUT2D eigenvalue weighted by molar-refractivity contribution is 0.0725. The molecule has 3 heterocycles. The van der Waals surface area contributed by atoms with Crippen molar-refractivity contribution in [1.82, 2.24) is 19.4 Å². The number of carbonyl (C=O) groups is 1. The second-order valence-electron chi connectivity index (χ2n) is 8.26. The predicted molar refractivity (Wildman–Crippen MR) is 110 cm³/mol. The van der Waals surface area contributed by atoms with Gasteiger partial charge in [-0.05, 0) is 36.8 Å². The van der Waals surface area contributed by atoms with Crippen LogP contribution in [0.3, 0.4) is 0 Å². The van der Waals surface area contributed by atoms with E-state index in [1.807, 2.05) is 46.8 Å². The lowest BCUT2D eigenvalue weighted by Crippen LogP contribution is -2.43. The Kier molecular flexibility index (Phi) is 4.47. The normalized spacial score (nSPS) is 26.5. The van der Waals surface area contributed by atoms with E-state index < -0.39 is 6.10 Å². The largest absolute Gasteiger partial charge is 0.391 e. The minimum Gasteiger partial charge on any atom is -0.391 e. The van der Waals surface area contributed by atoms with Gasteiger partial charge < -0.3 is 19.9 Å². The lowest BCUT2D eigenvalue weighted by atomic mass is 9.77. The number of hydrogen-bond acceptors (Lipinski definition) is 5. The van der Waals surface area contributed by atoms with Gasteiger partial charge in [0.2, 0.25) is 0 Å². The van der Waals surface area contributed by atoms with Gasteiger partial charge in [0.25, 0.3) is 5.91 Å². The van der Waals surface area contributed by atoms with Crippen LogP contribution in [-0.4, -0.2) is 55.7 Å². The summed E-state index contributed by atoms with van der Waals surface area (Å²) in [7, 11) is 1.95. The standard InChI is InChI=1S/C22H25N5O2/c1-26-18-5-3-2-4-14(18)9-19(26)22(29)27-12-15-8-17(20(28)10-16(15)13-27)25-21-11-23-6-7-24-21/h2-7,9,11,15-17,20,28H,8,10,12-13H2,1H3,(H,24,25)/t15-,16+,17-,20-/m1/s1. The van der Waals surface area contributed by atoms with Crippen LogP contribution in [0.5, 0.6) is 0 Å². The van der Waals surface area contributed by atoms with Gasteiger partial charge in [0, 0.05) is 43.4 Å². The van der Waals surface area contributed by atoms with Crippen molar-refractivity contribution < 1.29 is 9.90 Å². The first kappa shape index (κ1) is 18.1. The molecule has 0 spiro atoms. The topological polar surface area (TPSA) is 83.3 Å². The number of carbonyl (C=O) groups excluding carboxylic acids is 1. The van der Waals surface area contributed by atoms with Crippen molar-refractivity contribution in [2.75, 3.05) is 18.4 Å². The van der Waals surface area contributed by atoms with E-state index in [0.29, 0.717) is 30.6 Å². The van der Waals surface area contributed by atoms with E-state index >= 15 is 0 Å². The van der Waals surface area contributed by atoms with Crippen LogP contribution in [0, 0.1) is 11.8 Å². The van der Waals surface area contributed by atoms with Crippen molar-refractivity contribution in [1.29, 1.82) is 0 Å². The highest BCUT2D eigenvalue weighted by Gasteiger charge is 2.43. The highest BCUT2D eigenvalue weighted by Crippen LogP contribution is 2.38. The molecule has 1 amide bonds. The molecule has 29 heavy (non-hydrogen) atoms. The third-order valence-corrected chi connectivity index (χ3v) is 6.50. The SMILES string of the molecule is Cn1c(C(=O)N2C[C@H]3C[C@@H](Nc4cnccn4)[C@H](O)C[C@H]3C2)cc2ccccc21. The average Bonchev–Trinajstić information content (AvgIpc) is 3.30. The number of benzene rings is 1. The Bertz CT molecular complexity index is 1030. The van der Waals surface area contributed by atoms with Crippen molar-refractivity contribution in [2.24, 2.45) is 18.9 Å². The van der Waals surface area contributed by atoms with E-state index in [0.717, 1.165) is 29.6 Å². The molecule has 2 aliphatic rings. The first-order valence-electron chi connectivity index (χ1n) is 10.1. The van der Waals surface area contributed by atoms with Crippen LogP contribution >= 0.6 is 0 Å². The molecule has 7 nitrogen and oxygen atoms in total. The van der Waals surface area contributed by atoms with Crippen molar-refractivity contribution in [2.45, 2.75) is 25.0 Å². The van der Waals surface area contributed by atoms with E-state index in [-0.39, 0.29) is 11.9 Å². The molecule has 0 unspecified atom stereocenters. The summed E-state index contributed by atoms with van der Waals surface area (Å²) in [6.07, 6.45) is 6.00. The number of aliphatic hydroxyl groups is 1. The van der Waals surface area contributed by atoms with E-state index in [1.165, 1.54) is 0 Å². The number of likely N-dealkylation sites (tertiary alicyclic amines) is 1. The number of nitrogens with zero attached hydrogens (tertiary/aromatic N) is 4. The Labute approximate surface area is 169 Å². The first-order valence-corrected chi connectivity index (χ1v) is 10.1. The van der Waals surface area contributed by atoms with E-state index in [9.17, 15) is 9.90 Å². The Hall–Kier alpha value is -2.93. The van der Waals surface area contributed by atoms with Crippen LogP contribution in [0.2, 0.25) is 0 Å². The van der Waals surface area contributed by atoms with E-state index in [4.69, 9.17) is 0 Å². The molecule has 1 saturated heterocycles. The number of para-hydroxylation sites is 1. The Morgan fingerprint density at radius 2 is 1.97 bits per heavy atom. The average molecular weight is 391 g/mol. The number of aromatic nitrogens is 3. The van der Waals surface area contributed by atoms with Gasteiger partial charge in [-0.2, -0.15) is 0 Å². The number of nitrogens with one attached hydrogen (secondary N) is 1. The van der Waals surface area contributed by atoms with Crippen molar-refractivity contribution in [3.63, 3.8) is 0 Å². The van der Waals surface area contributed by atoms with Gasteiger partial charge in [-0.25, -0.2) is 4.98 Å². The highest BCUT2D eigenvalue weighted by atomic mass is 16.3. The predicted octanol–water partition coefficient (Wildman–Crippen LogP) is 2.29. The fourth-order valence-electron chi connectivity index (χ4n) is 4.97. The Morgan fingerprint density at radius 3 is 2.72 bits per heavy atom. The summed E-state index contributed by atoms with van der Waals surface area (Å²) in [5.74, 6) is 1.47. The van der Waals surface area contributed by atoms with Gasteiger partial charge in [0.05, 0.1) is 18.3 Å². The molecule has 0 bridgehead atoms. The molecule has 1 saturated carbocycles. The summed E-state index contributed by atoms with van der Waals surface area (Å²) >= 11 is 0. The zero-order chi connectivity index (χ0) is 20.0. The van der Waals surface area contributed by atoms with Crippen LogP contribution in [0.1, 0.15) is 23.3 Å². The second-order valence-corrected chi connectivity index (χ2v) is 8.26. The lowest BCUT2D eigenvalue weighted by Gasteiger charge is -2.35. The van der Waals surface area contributed by atoms with Gasteiger partial charge in [0.1, 0.15) is 11.5 Å². The second kappa shape index (κ2) is 7.15. The Morgan fingerprint density at radius 1 is 1.17 bits per heavy atom. The van der Waals surface area contributed by atoms with E-state index in [1.54, 1.807) is 18.6 Å². The van der Waals surface area contributed by atoms with E-state index in [2.05, 4.69) is 15.3 Å². The first-order chi connectivity index (χ1) is 14.1. The number of aliphatic hydroxyl groups excluding tert-OH is 1. The van der Waals surface area contributed by atoms with Gasteiger partial charge >= 0.3 is 0 Å². The molecule has 7 heteroatoms. The third kappa shape index (κ3) is 3.25. The maximum atomic E-state index is 13.2. The zero-order valence-corrected chi connectivity index (χ0v) is 16.4. The molecular formula is C22H25N5O2. The molecule has 1 aromatic carbocycles. The zero-order valence-electron chi connectivity index (χ0n) is 16.4. The third-order valence-electron chi connectivity index (χ3n) is 6.50. The maximum Gasteiger partial charge on any atom is 0.270 e. The van der Waals surface area contributed by atoms with Gasteiger partial charge in [-0.1, -0.05) is 18.2 Å². The van der Waals surface area contributed by atoms with Crippen LogP contribution < -0.4 is 5.32 Å². The monoisotopic (exact) mass is 391 g/mol. The Balaban J connectivity index is 1.31. The number of amides is 1. The summed E-state index contributed by atoms with van der Waals surface area (Å²) in [6, 6.07) is 9.97. The summed E-state index contributed by atoms with van der Waals surface area (Å²) in [5, 5.41) is 15.0. The maximum absolute atomic E-state index is 13.2. The molecule has 3 aromatic rings. The van der Waals surface area contributed by atoms with Gasteiger partial charge in [0.15, 0.2) is 0 Å². The van der Waals surface area contributed by atoms with Crippen molar-refractivity contribution >= 4 is 22.6 Å².